The van der Waals surface area contributed by atoms with E-state index in [0.717, 1.165) is 6.42 Å². The third-order valence-electron chi connectivity index (χ3n) is 0.983. The fourth-order valence-corrected chi connectivity index (χ4v) is 0.577. The zero-order valence-corrected chi connectivity index (χ0v) is 4.72. The van der Waals surface area contributed by atoms with Crippen LogP contribution in [0.25, 0.3) is 0 Å². The highest BCUT2D eigenvalue weighted by molar-refractivity contribution is 5.72. The highest BCUT2D eigenvalue weighted by atomic mass is 16.7. The third-order valence-corrected chi connectivity index (χ3v) is 0.983. The van der Waals surface area contributed by atoms with E-state index in [1.165, 1.54) is 0 Å². The maximum Gasteiger partial charge on any atom is 0.334 e. The van der Waals surface area contributed by atoms with Gasteiger partial charge >= 0.3 is 5.97 Å². The molecule has 0 aromatic rings. The van der Waals surface area contributed by atoms with Gasteiger partial charge in [0.15, 0.2) is 0 Å². The highest BCUT2D eigenvalue weighted by Gasteiger charge is 2.21. The molecule has 0 radical (unpaired) electrons. The zero-order chi connectivity index (χ0) is 5.98. The van der Waals surface area contributed by atoms with Crippen LogP contribution in [0.15, 0.2) is 0 Å². The van der Waals surface area contributed by atoms with Crippen molar-refractivity contribution in [2.24, 2.45) is 0 Å². The Kier molecular flexibility index (Phi) is 1.48. The molecular weight excluding hydrogens is 108 g/mol. The van der Waals surface area contributed by atoms with Crippen molar-refractivity contribution in [3.05, 3.63) is 0 Å². The summed E-state index contributed by atoms with van der Waals surface area (Å²) in [6.45, 7) is 2.03. The average molecular weight is 116 g/mol. The van der Waals surface area contributed by atoms with Gasteiger partial charge in [0.25, 0.3) is 0 Å². The van der Waals surface area contributed by atoms with Gasteiger partial charge in [0.05, 0.1) is 0 Å². The van der Waals surface area contributed by atoms with Crippen LogP contribution in [0.2, 0.25) is 0 Å². The molecule has 1 saturated heterocycles. The second-order valence-corrected chi connectivity index (χ2v) is 1.64. The van der Waals surface area contributed by atoms with Crippen LogP contribution >= 0.6 is 0 Å². The highest BCUT2D eigenvalue weighted by Crippen LogP contribution is 2.07. The summed E-state index contributed by atoms with van der Waals surface area (Å²) < 4.78 is 9.49. The Morgan fingerprint density at radius 3 is 2.88 bits per heavy atom. The quantitative estimate of drug-likeness (QED) is 0.462. The topological polar surface area (TPSA) is 35.5 Å². The summed E-state index contributed by atoms with van der Waals surface area (Å²) >= 11 is 0. The van der Waals surface area contributed by atoms with E-state index in [1.54, 1.807) is 0 Å². The van der Waals surface area contributed by atoms with Crippen molar-refractivity contribution < 1.29 is 14.3 Å². The lowest BCUT2D eigenvalue weighted by Crippen LogP contribution is -2.05. The number of carbonyl (C=O) groups excluding carboxylic acids is 1. The van der Waals surface area contributed by atoms with Crippen molar-refractivity contribution in [1.29, 1.82) is 0 Å². The molecule has 1 unspecified atom stereocenters. The minimum Gasteiger partial charge on any atom is -0.434 e. The number of esters is 1. The second-order valence-electron chi connectivity index (χ2n) is 1.64. The van der Waals surface area contributed by atoms with Gasteiger partial charge in [-0.1, -0.05) is 6.92 Å². The van der Waals surface area contributed by atoms with Crippen molar-refractivity contribution in [3.8, 4) is 0 Å². The predicted molar refractivity (Wildman–Crippen MR) is 26.1 cm³/mol. The Hall–Kier alpha value is -0.570. The first-order chi connectivity index (χ1) is 3.83. The molecule has 8 heavy (non-hydrogen) atoms. The smallest absolute Gasteiger partial charge is 0.334 e. The molecule has 1 aliphatic heterocycles. The van der Waals surface area contributed by atoms with Gasteiger partial charge < -0.3 is 9.47 Å². The molecule has 0 N–H and O–H groups in total. The van der Waals surface area contributed by atoms with Crippen molar-refractivity contribution in [2.45, 2.75) is 19.6 Å². The molecule has 1 atom stereocenters. The molecular formula is C5H8O3. The Morgan fingerprint density at radius 1 is 1.88 bits per heavy atom. The number of carbonyl (C=O) groups is 1. The minimum absolute atomic E-state index is 0.124. The van der Waals surface area contributed by atoms with Gasteiger partial charge in [0.2, 0.25) is 6.29 Å². The zero-order valence-electron chi connectivity index (χ0n) is 4.72. The number of rotatable bonds is 1. The predicted octanol–water partition coefficient (Wildman–Crippen LogP) is 0.296. The molecule has 0 saturated carbocycles. The van der Waals surface area contributed by atoms with E-state index < -0.39 is 0 Å². The van der Waals surface area contributed by atoms with Crippen LogP contribution in [-0.2, 0) is 14.3 Å². The van der Waals surface area contributed by atoms with Crippen LogP contribution in [-0.4, -0.2) is 18.9 Å². The summed E-state index contributed by atoms with van der Waals surface area (Å²) in [7, 11) is 0. The van der Waals surface area contributed by atoms with E-state index in [4.69, 9.17) is 4.74 Å². The summed E-state index contributed by atoms with van der Waals surface area (Å²) in [5.41, 5.74) is 0. The lowest BCUT2D eigenvalue weighted by Gasteiger charge is -2.01. The minimum atomic E-state index is -0.275. The molecule has 0 aromatic carbocycles. The molecule has 1 fully saturated rings. The van der Waals surface area contributed by atoms with Gasteiger partial charge in [-0.3, -0.25) is 0 Å². The van der Waals surface area contributed by atoms with Crippen LogP contribution in [0, 0.1) is 0 Å². The Balaban J connectivity index is 2.32. The van der Waals surface area contributed by atoms with Gasteiger partial charge in [0.1, 0.15) is 6.61 Å². The maximum absolute atomic E-state index is 10.3. The second kappa shape index (κ2) is 2.13. The Morgan fingerprint density at radius 2 is 2.62 bits per heavy atom. The van der Waals surface area contributed by atoms with Crippen molar-refractivity contribution in [2.75, 3.05) is 6.61 Å². The Labute approximate surface area is 47.6 Å². The fourth-order valence-electron chi connectivity index (χ4n) is 0.577. The molecule has 3 heteroatoms. The first-order valence-corrected chi connectivity index (χ1v) is 2.64. The average Bonchev–Trinajstić information content (AvgIpc) is 2.14. The van der Waals surface area contributed by atoms with E-state index in [9.17, 15) is 4.79 Å². The molecule has 1 aliphatic rings. The first-order valence-electron chi connectivity index (χ1n) is 2.64. The fraction of sp³-hybridized carbons (Fsp3) is 0.800. The lowest BCUT2D eigenvalue weighted by molar-refractivity contribution is -0.143. The molecule has 0 amide bonds. The van der Waals surface area contributed by atoms with Crippen LogP contribution in [0.1, 0.15) is 13.3 Å². The largest absolute Gasteiger partial charge is 0.434 e. The third kappa shape index (κ3) is 0.980. The SMILES string of the molecule is CCC1OCC(=O)O1. The van der Waals surface area contributed by atoms with E-state index in [1.807, 2.05) is 6.92 Å². The van der Waals surface area contributed by atoms with Crippen LogP contribution in [0.3, 0.4) is 0 Å². The summed E-state index contributed by atoms with van der Waals surface area (Å²) in [6.07, 6.45) is 0.466. The van der Waals surface area contributed by atoms with Crippen LogP contribution in [0.4, 0.5) is 0 Å². The number of hydrogen-bond donors (Lipinski definition) is 0. The number of cyclic esters (lactones) is 1. The summed E-state index contributed by atoms with van der Waals surface area (Å²) in [4.78, 5) is 10.3. The number of ether oxygens (including phenoxy) is 2. The van der Waals surface area contributed by atoms with Crippen molar-refractivity contribution >= 4 is 5.97 Å². The van der Waals surface area contributed by atoms with Gasteiger partial charge in [-0.2, -0.15) is 0 Å². The van der Waals surface area contributed by atoms with Crippen LogP contribution < -0.4 is 0 Å². The maximum atomic E-state index is 10.3. The van der Waals surface area contributed by atoms with Gasteiger partial charge in [-0.05, 0) is 0 Å². The molecule has 0 bridgehead atoms. The van der Waals surface area contributed by atoms with Crippen molar-refractivity contribution in [1.82, 2.24) is 0 Å². The molecule has 0 aromatic heterocycles. The van der Waals surface area contributed by atoms with E-state index >= 15 is 0 Å². The van der Waals surface area contributed by atoms with Crippen molar-refractivity contribution in [3.63, 3.8) is 0 Å². The normalized spacial score (nSPS) is 28.1. The van der Waals surface area contributed by atoms with Gasteiger partial charge in [0, 0.05) is 6.42 Å². The molecule has 1 heterocycles. The van der Waals surface area contributed by atoms with Gasteiger partial charge in [-0.15, -0.1) is 0 Å². The van der Waals surface area contributed by atoms with E-state index in [-0.39, 0.29) is 18.9 Å². The lowest BCUT2D eigenvalue weighted by atomic mass is 10.5. The molecule has 3 nitrogen and oxygen atoms in total. The monoisotopic (exact) mass is 116 g/mol. The summed E-state index contributed by atoms with van der Waals surface area (Å²) in [6, 6.07) is 0. The number of hydrogen-bond acceptors (Lipinski definition) is 3. The van der Waals surface area contributed by atoms with E-state index in [2.05, 4.69) is 4.74 Å². The summed E-state index contributed by atoms with van der Waals surface area (Å²) in [5.74, 6) is -0.253. The van der Waals surface area contributed by atoms with E-state index in [0.29, 0.717) is 0 Å². The molecule has 1 rings (SSSR count). The molecule has 0 spiro atoms. The van der Waals surface area contributed by atoms with Crippen LogP contribution in [0.5, 0.6) is 0 Å². The summed E-state index contributed by atoms with van der Waals surface area (Å²) in [5, 5.41) is 0. The molecule has 46 valence electrons. The molecule has 0 aliphatic carbocycles. The Bertz CT molecular complexity index is 99.8. The standard InChI is InChI=1S/C5H8O3/c1-2-5-7-3-4(6)8-5/h5H,2-3H2,1H3. The van der Waals surface area contributed by atoms with Gasteiger partial charge in [-0.25, -0.2) is 4.79 Å². The first kappa shape index (κ1) is 5.56.